The standard InChI is InChI=1S/C28H42O2/c1-5-9-13-21-17-22(14-10-6-2)28(30)26(18-21)25-19-23(15-11-7-3)27(29)24(20-25)16-12-8-4/h17-20,29-30H,5-16H2,1-4H3. The van der Waals surface area contributed by atoms with Crippen molar-refractivity contribution < 1.29 is 10.2 Å². The largest absolute Gasteiger partial charge is 0.507 e. The molecule has 0 aliphatic carbocycles. The van der Waals surface area contributed by atoms with Crippen LogP contribution in [-0.4, -0.2) is 10.2 Å². The van der Waals surface area contributed by atoms with E-state index in [0.29, 0.717) is 11.5 Å². The number of rotatable bonds is 13. The zero-order valence-corrected chi connectivity index (χ0v) is 19.7. The minimum absolute atomic E-state index is 0.428. The van der Waals surface area contributed by atoms with Gasteiger partial charge in [-0.05, 0) is 97.4 Å². The Morgan fingerprint density at radius 1 is 0.533 bits per heavy atom. The van der Waals surface area contributed by atoms with E-state index in [1.54, 1.807) is 0 Å². The second-order valence-corrected chi connectivity index (χ2v) is 8.71. The van der Waals surface area contributed by atoms with Gasteiger partial charge in [0.25, 0.3) is 0 Å². The second-order valence-electron chi connectivity index (χ2n) is 8.71. The maximum atomic E-state index is 11.2. The highest BCUT2D eigenvalue weighted by Crippen LogP contribution is 2.39. The van der Waals surface area contributed by atoms with Crippen LogP contribution in [0.25, 0.3) is 11.1 Å². The van der Waals surface area contributed by atoms with Crippen molar-refractivity contribution in [1.82, 2.24) is 0 Å². The number of benzene rings is 2. The van der Waals surface area contributed by atoms with E-state index < -0.39 is 0 Å². The van der Waals surface area contributed by atoms with E-state index in [4.69, 9.17) is 0 Å². The summed E-state index contributed by atoms with van der Waals surface area (Å²) in [5.41, 5.74) is 6.42. The zero-order chi connectivity index (χ0) is 21.9. The van der Waals surface area contributed by atoms with Crippen molar-refractivity contribution in [3.8, 4) is 22.6 Å². The maximum absolute atomic E-state index is 11.2. The molecule has 2 heteroatoms. The Morgan fingerprint density at radius 2 is 0.967 bits per heavy atom. The van der Waals surface area contributed by atoms with Crippen molar-refractivity contribution in [2.75, 3.05) is 0 Å². The fraction of sp³-hybridized carbons (Fsp3) is 0.571. The molecule has 0 atom stereocenters. The van der Waals surface area contributed by atoms with Crippen LogP contribution in [0.2, 0.25) is 0 Å². The molecular weight excluding hydrogens is 368 g/mol. The minimum Gasteiger partial charge on any atom is -0.507 e. The summed E-state index contributed by atoms with van der Waals surface area (Å²) in [5.74, 6) is 0.894. The molecule has 0 fully saturated rings. The summed E-state index contributed by atoms with van der Waals surface area (Å²) >= 11 is 0. The summed E-state index contributed by atoms with van der Waals surface area (Å²) in [6.45, 7) is 8.78. The quantitative estimate of drug-likeness (QED) is 0.350. The molecule has 0 amide bonds. The molecule has 0 saturated carbocycles. The lowest BCUT2D eigenvalue weighted by Crippen LogP contribution is -1.97. The molecule has 30 heavy (non-hydrogen) atoms. The van der Waals surface area contributed by atoms with Crippen LogP contribution >= 0.6 is 0 Å². The SMILES string of the molecule is CCCCc1cc(CCCC)c(O)c(-c2cc(CCCC)c(O)c(CCCC)c2)c1. The van der Waals surface area contributed by atoms with Crippen molar-refractivity contribution in [3.05, 3.63) is 46.5 Å². The Bertz CT molecular complexity index is 762. The highest BCUT2D eigenvalue weighted by Gasteiger charge is 2.16. The molecule has 0 radical (unpaired) electrons. The maximum Gasteiger partial charge on any atom is 0.126 e. The predicted molar refractivity (Wildman–Crippen MR) is 130 cm³/mol. The van der Waals surface area contributed by atoms with E-state index in [0.717, 1.165) is 98.4 Å². The Balaban J connectivity index is 2.57. The molecule has 0 aliphatic rings. The number of hydrogen-bond donors (Lipinski definition) is 2. The number of aryl methyl sites for hydroxylation is 4. The normalized spacial score (nSPS) is 11.2. The average molecular weight is 411 g/mol. The molecule has 2 aromatic rings. The summed E-state index contributed by atoms with van der Waals surface area (Å²) in [6, 6.07) is 8.62. The summed E-state index contributed by atoms with van der Waals surface area (Å²) in [4.78, 5) is 0. The highest BCUT2D eigenvalue weighted by molar-refractivity contribution is 5.75. The summed E-state index contributed by atoms with van der Waals surface area (Å²) in [7, 11) is 0. The number of phenolic OH excluding ortho intramolecular Hbond substituents is 2. The molecule has 0 heterocycles. The van der Waals surface area contributed by atoms with E-state index in [1.165, 1.54) is 12.0 Å². The molecule has 0 aromatic heterocycles. The van der Waals surface area contributed by atoms with Crippen LogP contribution < -0.4 is 0 Å². The van der Waals surface area contributed by atoms with Gasteiger partial charge in [0.1, 0.15) is 11.5 Å². The van der Waals surface area contributed by atoms with Crippen LogP contribution in [0.15, 0.2) is 24.3 Å². The second kappa shape index (κ2) is 12.7. The summed E-state index contributed by atoms with van der Waals surface area (Å²) in [5, 5.41) is 22.0. The molecule has 2 nitrogen and oxygen atoms in total. The van der Waals surface area contributed by atoms with Crippen LogP contribution in [0.3, 0.4) is 0 Å². The van der Waals surface area contributed by atoms with Crippen molar-refractivity contribution >= 4 is 0 Å². The van der Waals surface area contributed by atoms with Crippen LogP contribution in [0, 0.1) is 0 Å². The smallest absolute Gasteiger partial charge is 0.126 e. The van der Waals surface area contributed by atoms with Crippen molar-refractivity contribution in [3.63, 3.8) is 0 Å². The van der Waals surface area contributed by atoms with E-state index >= 15 is 0 Å². The molecule has 2 N–H and O–H groups in total. The van der Waals surface area contributed by atoms with Gasteiger partial charge >= 0.3 is 0 Å². The fourth-order valence-corrected chi connectivity index (χ4v) is 4.09. The first-order valence-corrected chi connectivity index (χ1v) is 12.2. The minimum atomic E-state index is 0.428. The molecule has 166 valence electrons. The molecular formula is C28H42O2. The number of hydrogen-bond acceptors (Lipinski definition) is 2. The lowest BCUT2D eigenvalue weighted by Gasteiger charge is -2.17. The molecule has 2 aromatic carbocycles. The molecule has 0 aliphatic heterocycles. The Hall–Kier alpha value is -1.96. The third-order valence-corrected chi connectivity index (χ3v) is 6.05. The molecule has 0 saturated heterocycles. The third kappa shape index (κ3) is 6.52. The first kappa shape index (κ1) is 24.3. The lowest BCUT2D eigenvalue weighted by molar-refractivity contribution is 0.458. The van der Waals surface area contributed by atoms with Gasteiger partial charge in [-0.15, -0.1) is 0 Å². The molecule has 0 unspecified atom stereocenters. The van der Waals surface area contributed by atoms with E-state index in [-0.39, 0.29) is 0 Å². The predicted octanol–water partition coefficient (Wildman–Crippen LogP) is 8.14. The van der Waals surface area contributed by atoms with Gasteiger partial charge < -0.3 is 10.2 Å². The Morgan fingerprint density at radius 3 is 1.43 bits per heavy atom. The van der Waals surface area contributed by atoms with Crippen LogP contribution in [0.1, 0.15) is 101 Å². The number of unbranched alkanes of at least 4 members (excludes halogenated alkanes) is 4. The Labute approximate surface area is 184 Å². The van der Waals surface area contributed by atoms with Gasteiger partial charge in [-0.2, -0.15) is 0 Å². The zero-order valence-electron chi connectivity index (χ0n) is 19.7. The lowest BCUT2D eigenvalue weighted by atomic mass is 9.90. The molecule has 0 spiro atoms. The first-order chi connectivity index (χ1) is 14.5. The number of phenols is 2. The summed E-state index contributed by atoms with van der Waals surface area (Å²) < 4.78 is 0. The molecule has 0 bridgehead atoms. The van der Waals surface area contributed by atoms with Gasteiger partial charge in [-0.3, -0.25) is 0 Å². The van der Waals surface area contributed by atoms with Crippen LogP contribution in [0.4, 0.5) is 0 Å². The van der Waals surface area contributed by atoms with Crippen molar-refractivity contribution in [1.29, 1.82) is 0 Å². The highest BCUT2D eigenvalue weighted by atomic mass is 16.3. The van der Waals surface area contributed by atoms with Gasteiger partial charge in [0.05, 0.1) is 0 Å². The summed E-state index contributed by atoms with van der Waals surface area (Å²) in [6.07, 6.45) is 12.6. The number of aromatic hydroxyl groups is 2. The van der Waals surface area contributed by atoms with Gasteiger partial charge in [-0.1, -0.05) is 59.4 Å². The molecule has 2 rings (SSSR count). The van der Waals surface area contributed by atoms with E-state index in [2.05, 4.69) is 52.0 Å². The fourth-order valence-electron chi connectivity index (χ4n) is 4.09. The monoisotopic (exact) mass is 410 g/mol. The van der Waals surface area contributed by atoms with Gasteiger partial charge in [0.15, 0.2) is 0 Å². The van der Waals surface area contributed by atoms with Crippen LogP contribution in [0.5, 0.6) is 11.5 Å². The van der Waals surface area contributed by atoms with Gasteiger partial charge in [0.2, 0.25) is 0 Å². The van der Waals surface area contributed by atoms with Gasteiger partial charge in [-0.25, -0.2) is 0 Å². The van der Waals surface area contributed by atoms with E-state index in [1.807, 2.05) is 0 Å². The van der Waals surface area contributed by atoms with Crippen molar-refractivity contribution in [2.24, 2.45) is 0 Å². The van der Waals surface area contributed by atoms with Crippen LogP contribution in [-0.2, 0) is 25.7 Å². The average Bonchev–Trinajstić information content (AvgIpc) is 2.75. The first-order valence-electron chi connectivity index (χ1n) is 12.2. The van der Waals surface area contributed by atoms with E-state index in [9.17, 15) is 10.2 Å². The van der Waals surface area contributed by atoms with Gasteiger partial charge in [0, 0.05) is 5.56 Å². The third-order valence-electron chi connectivity index (χ3n) is 6.05. The topological polar surface area (TPSA) is 40.5 Å². The Kier molecular flexibility index (Phi) is 10.3. The van der Waals surface area contributed by atoms with Crippen molar-refractivity contribution in [2.45, 2.75) is 105 Å².